The zero-order chi connectivity index (χ0) is 18.7. The van der Waals surface area contributed by atoms with Crippen LogP contribution in [0.5, 0.6) is 11.5 Å². The quantitative estimate of drug-likeness (QED) is 0.615. The van der Waals surface area contributed by atoms with Crippen molar-refractivity contribution in [3.05, 3.63) is 58.7 Å². The summed E-state index contributed by atoms with van der Waals surface area (Å²) in [6.45, 7) is 0. The highest BCUT2D eigenvalue weighted by Gasteiger charge is 2.33. The summed E-state index contributed by atoms with van der Waals surface area (Å²) in [6, 6.07) is 8.28. The van der Waals surface area contributed by atoms with Gasteiger partial charge < -0.3 is 25.2 Å². The molecule has 0 saturated heterocycles. The summed E-state index contributed by atoms with van der Waals surface area (Å²) in [7, 11) is 0. The number of carbonyl (C=O) groups is 4. The molecule has 0 saturated carbocycles. The van der Waals surface area contributed by atoms with Crippen molar-refractivity contribution in [3.63, 3.8) is 0 Å². The number of carboxylic acids is 4. The Kier molecular flexibility index (Phi) is 4.69. The van der Waals surface area contributed by atoms with Gasteiger partial charge in [0.25, 0.3) is 0 Å². The van der Waals surface area contributed by atoms with Gasteiger partial charge in [-0.15, -0.1) is 0 Å². The average Bonchev–Trinajstić information content (AvgIpc) is 2.53. The van der Waals surface area contributed by atoms with Gasteiger partial charge in [-0.3, -0.25) is 0 Å². The fraction of sp³-hybridized carbons (Fsp3) is 0. The molecule has 0 aliphatic rings. The molecule has 0 aromatic heterocycles. The van der Waals surface area contributed by atoms with E-state index in [9.17, 15) is 39.6 Å². The number of hydrogen-bond acceptors (Lipinski definition) is 5. The van der Waals surface area contributed by atoms with E-state index in [4.69, 9.17) is 4.74 Å². The van der Waals surface area contributed by atoms with Crippen LogP contribution in [0.25, 0.3) is 0 Å². The minimum Gasteiger partial charge on any atom is -0.478 e. The minimum absolute atomic E-state index is 0.112. The molecule has 25 heavy (non-hydrogen) atoms. The summed E-state index contributed by atoms with van der Waals surface area (Å²) in [4.78, 5) is 45.6. The first kappa shape index (κ1) is 17.5. The van der Waals surface area contributed by atoms with Gasteiger partial charge in [0.2, 0.25) is 0 Å². The number of carboxylic acid groups (broad SMARTS) is 4. The lowest BCUT2D eigenvalue weighted by molar-refractivity contribution is 0.0617. The second-order valence-electron chi connectivity index (χ2n) is 4.68. The Morgan fingerprint density at radius 2 is 1.20 bits per heavy atom. The maximum absolute atomic E-state index is 11.5. The SMILES string of the molecule is O=C(O)c1cc(Oc2ccccc2)c(C(=O)O)c(C(=O)O)c1C(=O)O. The molecule has 0 aliphatic carbocycles. The molecule has 9 heteroatoms. The summed E-state index contributed by atoms with van der Waals surface area (Å²) in [5.74, 6) is -7.80. The topological polar surface area (TPSA) is 158 Å². The molecule has 2 aromatic carbocycles. The van der Waals surface area contributed by atoms with Crippen molar-refractivity contribution in [2.75, 3.05) is 0 Å². The Bertz CT molecular complexity index is 884. The summed E-state index contributed by atoms with van der Waals surface area (Å²) in [5, 5.41) is 36.9. The van der Waals surface area contributed by atoms with Crippen LogP contribution >= 0.6 is 0 Å². The molecule has 9 nitrogen and oxygen atoms in total. The van der Waals surface area contributed by atoms with Crippen molar-refractivity contribution in [1.29, 1.82) is 0 Å². The van der Waals surface area contributed by atoms with Crippen LogP contribution in [0.3, 0.4) is 0 Å². The van der Waals surface area contributed by atoms with Crippen molar-refractivity contribution in [3.8, 4) is 11.5 Å². The fourth-order valence-corrected chi connectivity index (χ4v) is 2.17. The summed E-state index contributed by atoms with van der Waals surface area (Å²) in [5.41, 5.74) is -4.18. The maximum Gasteiger partial charge on any atom is 0.340 e. The molecule has 0 unspecified atom stereocenters. The second kappa shape index (κ2) is 6.71. The van der Waals surface area contributed by atoms with E-state index in [1.165, 1.54) is 12.1 Å². The van der Waals surface area contributed by atoms with Crippen LogP contribution in [0.1, 0.15) is 41.4 Å². The third kappa shape index (κ3) is 3.39. The van der Waals surface area contributed by atoms with Crippen molar-refractivity contribution < 1.29 is 44.3 Å². The molecule has 0 fully saturated rings. The van der Waals surface area contributed by atoms with Gasteiger partial charge in [-0.05, 0) is 18.2 Å². The molecule has 0 amide bonds. The highest BCUT2D eigenvalue weighted by atomic mass is 16.5. The van der Waals surface area contributed by atoms with E-state index in [2.05, 4.69) is 0 Å². The van der Waals surface area contributed by atoms with E-state index >= 15 is 0 Å². The average molecular weight is 346 g/mol. The predicted octanol–water partition coefficient (Wildman–Crippen LogP) is 2.27. The predicted molar refractivity (Wildman–Crippen MR) is 80.8 cm³/mol. The summed E-state index contributed by atoms with van der Waals surface area (Å²) < 4.78 is 5.29. The van der Waals surface area contributed by atoms with E-state index < -0.39 is 51.9 Å². The van der Waals surface area contributed by atoms with Crippen molar-refractivity contribution in [2.24, 2.45) is 0 Å². The van der Waals surface area contributed by atoms with Crippen LogP contribution in [-0.4, -0.2) is 44.3 Å². The van der Waals surface area contributed by atoms with Crippen molar-refractivity contribution in [1.82, 2.24) is 0 Å². The molecule has 2 aromatic rings. The largest absolute Gasteiger partial charge is 0.478 e. The normalized spacial score (nSPS) is 10.1. The third-order valence-corrected chi connectivity index (χ3v) is 3.13. The van der Waals surface area contributed by atoms with E-state index in [0.29, 0.717) is 6.07 Å². The lowest BCUT2D eigenvalue weighted by atomic mass is 9.94. The molecule has 0 bridgehead atoms. The molecule has 0 aliphatic heterocycles. The molecule has 0 heterocycles. The Morgan fingerprint density at radius 1 is 0.680 bits per heavy atom. The zero-order valence-electron chi connectivity index (χ0n) is 12.3. The van der Waals surface area contributed by atoms with Crippen molar-refractivity contribution >= 4 is 23.9 Å². The van der Waals surface area contributed by atoms with Crippen LogP contribution in [0.2, 0.25) is 0 Å². The molecule has 0 atom stereocenters. The minimum atomic E-state index is -1.91. The van der Waals surface area contributed by atoms with Crippen LogP contribution in [-0.2, 0) is 0 Å². The molecular weight excluding hydrogens is 336 g/mol. The monoisotopic (exact) mass is 346 g/mol. The Balaban J connectivity index is 2.87. The van der Waals surface area contributed by atoms with Gasteiger partial charge in [0.15, 0.2) is 0 Å². The maximum atomic E-state index is 11.5. The Morgan fingerprint density at radius 3 is 1.64 bits per heavy atom. The number of hydrogen-bond donors (Lipinski definition) is 4. The Hall–Kier alpha value is -3.88. The van der Waals surface area contributed by atoms with Gasteiger partial charge >= 0.3 is 23.9 Å². The van der Waals surface area contributed by atoms with Gasteiger partial charge in [-0.2, -0.15) is 0 Å². The first-order chi connectivity index (χ1) is 11.7. The third-order valence-electron chi connectivity index (χ3n) is 3.13. The lowest BCUT2D eigenvalue weighted by Gasteiger charge is -2.15. The van der Waals surface area contributed by atoms with Gasteiger partial charge in [-0.1, -0.05) is 18.2 Å². The summed E-state index contributed by atoms with van der Waals surface area (Å²) in [6.07, 6.45) is 0. The highest BCUT2D eigenvalue weighted by Crippen LogP contribution is 2.33. The summed E-state index contributed by atoms with van der Waals surface area (Å²) >= 11 is 0. The molecule has 0 radical (unpaired) electrons. The second-order valence-corrected chi connectivity index (χ2v) is 4.68. The number of benzene rings is 2. The van der Waals surface area contributed by atoms with Crippen LogP contribution in [0, 0.1) is 0 Å². The molecule has 2 rings (SSSR count). The number of aromatic carboxylic acids is 4. The first-order valence-electron chi connectivity index (χ1n) is 6.61. The number of rotatable bonds is 6. The van der Waals surface area contributed by atoms with Gasteiger partial charge in [0.1, 0.15) is 17.1 Å². The Labute approximate surface area is 139 Å². The fourth-order valence-electron chi connectivity index (χ4n) is 2.17. The van der Waals surface area contributed by atoms with Crippen LogP contribution in [0.4, 0.5) is 0 Å². The highest BCUT2D eigenvalue weighted by molar-refractivity contribution is 6.15. The van der Waals surface area contributed by atoms with Crippen molar-refractivity contribution in [2.45, 2.75) is 0 Å². The molecule has 128 valence electrons. The zero-order valence-corrected chi connectivity index (χ0v) is 12.3. The van der Waals surface area contributed by atoms with E-state index in [0.717, 1.165) is 0 Å². The number of ether oxygens (including phenoxy) is 1. The molecule has 4 N–H and O–H groups in total. The standard InChI is InChI=1S/C16H10O9/c17-13(18)8-6-9(25-7-4-2-1-3-5-7)11(15(21)22)12(16(23)24)10(8)14(19)20/h1-6H,(H,17,18)(H,19,20)(H,21,22)(H,23,24). The molecular formula is C16H10O9. The van der Waals surface area contributed by atoms with Gasteiger partial charge in [0, 0.05) is 0 Å². The van der Waals surface area contributed by atoms with E-state index in [1.54, 1.807) is 18.2 Å². The van der Waals surface area contributed by atoms with E-state index in [-0.39, 0.29) is 5.75 Å². The molecule has 0 spiro atoms. The van der Waals surface area contributed by atoms with Gasteiger partial charge in [0.05, 0.1) is 16.7 Å². The lowest BCUT2D eigenvalue weighted by Crippen LogP contribution is -2.20. The van der Waals surface area contributed by atoms with E-state index in [1.807, 2.05) is 0 Å². The van der Waals surface area contributed by atoms with Crippen LogP contribution < -0.4 is 4.74 Å². The number of para-hydroxylation sites is 1. The van der Waals surface area contributed by atoms with Gasteiger partial charge in [-0.25, -0.2) is 19.2 Å². The van der Waals surface area contributed by atoms with Crippen LogP contribution in [0.15, 0.2) is 36.4 Å². The first-order valence-corrected chi connectivity index (χ1v) is 6.61. The smallest absolute Gasteiger partial charge is 0.340 e.